The van der Waals surface area contributed by atoms with E-state index >= 15 is 0 Å². The lowest BCUT2D eigenvalue weighted by Crippen LogP contribution is -2.53. The predicted molar refractivity (Wildman–Crippen MR) is 103 cm³/mol. The van der Waals surface area contributed by atoms with E-state index in [0.29, 0.717) is 18.4 Å². The summed E-state index contributed by atoms with van der Waals surface area (Å²) in [5, 5.41) is 0. The second kappa shape index (κ2) is 9.32. The van der Waals surface area contributed by atoms with Gasteiger partial charge < -0.3 is 10.5 Å². The first-order valence-electron chi connectivity index (χ1n) is 8.79. The fourth-order valence-corrected chi connectivity index (χ4v) is 3.78. The topological polar surface area (TPSA) is 128 Å². The Bertz CT molecular complexity index is 904. The molecule has 0 bridgehead atoms. The maximum atomic E-state index is 13.1. The molecule has 8 nitrogen and oxygen atoms in total. The summed E-state index contributed by atoms with van der Waals surface area (Å²) in [7, 11) is -4.19. The molecule has 0 spiro atoms. The van der Waals surface area contributed by atoms with E-state index in [2.05, 4.69) is 4.98 Å². The Hall–Kier alpha value is -2.94. The molecule has 3 N–H and O–H groups in total. The molecule has 1 heterocycles. The molecule has 28 heavy (non-hydrogen) atoms. The number of nitrogens with two attached hydrogens (primary N) is 1. The van der Waals surface area contributed by atoms with Gasteiger partial charge >= 0.3 is 6.09 Å². The molecule has 0 fully saturated rings. The first-order chi connectivity index (χ1) is 13.3. The monoisotopic (exact) mass is 405 g/mol. The second-order valence-electron chi connectivity index (χ2n) is 6.30. The van der Waals surface area contributed by atoms with E-state index in [-0.39, 0.29) is 17.7 Å². The summed E-state index contributed by atoms with van der Waals surface area (Å²) in [4.78, 5) is 28.2. The highest BCUT2D eigenvalue weighted by molar-refractivity contribution is 7.90. The molecule has 0 radical (unpaired) electrons. The fourth-order valence-electron chi connectivity index (χ4n) is 2.78. The molecule has 150 valence electrons. The van der Waals surface area contributed by atoms with Gasteiger partial charge in [0.05, 0.1) is 0 Å². The van der Waals surface area contributed by atoms with Crippen molar-refractivity contribution >= 4 is 22.0 Å². The van der Waals surface area contributed by atoms with E-state index in [1.165, 1.54) is 18.3 Å². The lowest BCUT2D eigenvalue weighted by atomic mass is 9.88. The van der Waals surface area contributed by atoms with Crippen LogP contribution in [-0.4, -0.2) is 31.0 Å². The van der Waals surface area contributed by atoms with Crippen molar-refractivity contribution in [3.05, 3.63) is 60.4 Å². The molecule has 1 aromatic heterocycles. The van der Waals surface area contributed by atoms with Crippen LogP contribution >= 0.6 is 0 Å². The van der Waals surface area contributed by atoms with Gasteiger partial charge in [0.15, 0.2) is 5.60 Å². The fraction of sp³-hybridized carbons (Fsp3) is 0.316. The maximum absolute atomic E-state index is 13.1. The zero-order valence-corrected chi connectivity index (χ0v) is 16.3. The maximum Gasteiger partial charge on any atom is 0.405 e. The van der Waals surface area contributed by atoms with Crippen LogP contribution in [0, 0.1) is 0 Å². The van der Waals surface area contributed by atoms with E-state index in [9.17, 15) is 18.0 Å². The second-order valence-corrected chi connectivity index (χ2v) is 7.99. The van der Waals surface area contributed by atoms with Crippen LogP contribution in [0.3, 0.4) is 0 Å². The third-order valence-electron chi connectivity index (χ3n) is 4.15. The minimum absolute atomic E-state index is 0.00876. The lowest BCUT2D eigenvalue weighted by molar-refractivity contribution is -0.138. The Balaban J connectivity index is 2.40. The number of amides is 2. The molecule has 1 aromatic carbocycles. The van der Waals surface area contributed by atoms with Crippen molar-refractivity contribution in [2.24, 2.45) is 5.73 Å². The number of hydrogen-bond acceptors (Lipinski definition) is 6. The summed E-state index contributed by atoms with van der Waals surface area (Å²) in [5.41, 5.74) is 4.17. The zero-order chi connectivity index (χ0) is 20.6. The molecule has 1 atom stereocenters. The van der Waals surface area contributed by atoms with Crippen LogP contribution in [0.4, 0.5) is 4.79 Å². The number of unbranched alkanes of at least 4 members (excludes halogenated alkanes) is 1. The number of nitrogens with one attached hydrogen (secondary N) is 1. The molecule has 0 saturated carbocycles. The number of pyridine rings is 1. The molecule has 0 aliphatic heterocycles. The van der Waals surface area contributed by atoms with Crippen LogP contribution in [0.5, 0.6) is 0 Å². The average molecular weight is 405 g/mol. The molecule has 2 aromatic rings. The van der Waals surface area contributed by atoms with E-state index in [4.69, 9.17) is 10.5 Å². The molecular formula is C19H23N3O5S. The minimum Gasteiger partial charge on any atom is -0.433 e. The van der Waals surface area contributed by atoms with Crippen molar-refractivity contribution in [1.29, 1.82) is 0 Å². The molecule has 0 saturated heterocycles. The Morgan fingerprint density at radius 2 is 1.89 bits per heavy atom. The van der Waals surface area contributed by atoms with Crippen LogP contribution in [-0.2, 0) is 26.0 Å². The zero-order valence-electron chi connectivity index (χ0n) is 15.5. The smallest absolute Gasteiger partial charge is 0.405 e. The van der Waals surface area contributed by atoms with Crippen LogP contribution in [0.25, 0.3) is 0 Å². The normalized spacial score (nSPS) is 13.3. The first-order valence-corrected chi connectivity index (χ1v) is 10.3. The summed E-state index contributed by atoms with van der Waals surface area (Å²) in [6.07, 6.45) is 2.73. The number of nitrogens with zero attached hydrogens (tertiary/aromatic N) is 1. The van der Waals surface area contributed by atoms with E-state index in [1.54, 1.807) is 30.3 Å². The molecule has 0 aliphatic carbocycles. The number of ether oxygens (including phenoxy) is 1. The third-order valence-corrected chi connectivity index (χ3v) is 5.46. The van der Waals surface area contributed by atoms with E-state index in [1.807, 2.05) is 11.6 Å². The Labute approximate surface area is 164 Å². The summed E-state index contributed by atoms with van der Waals surface area (Å²) < 4.78 is 32.4. The summed E-state index contributed by atoms with van der Waals surface area (Å²) in [6, 6.07) is 11.6. The van der Waals surface area contributed by atoms with Crippen molar-refractivity contribution in [1.82, 2.24) is 9.71 Å². The number of hydrogen-bond donors (Lipinski definition) is 2. The molecular weight excluding hydrogens is 382 g/mol. The minimum atomic E-state index is -4.19. The number of carbonyl (C=O) groups is 2. The Morgan fingerprint density at radius 1 is 1.18 bits per heavy atom. The highest BCUT2D eigenvalue weighted by Crippen LogP contribution is 2.26. The van der Waals surface area contributed by atoms with Gasteiger partial charge in [-0.05, 0) is 30.5 Å². The Morgan fingerprint density at radius 3 is 2.46 bits per heavy atom. The SMILES string of the molecule is CCCCC(Cc1ccccc1)(OC(N)=O)C(=O)NS(=O)(=O)c1cccnc1. The summed E-state index contributed by atoms with van der Waals surface area (Å²) >= 11 is 0. The quantitative estimate of drug-likeness (QED) is 0.658. The Kier molecular flexibility index (Phi) is 7.11. The van der Waals surface area contributed by atoms with Gasteiger partial charge in [0.2, 0.25) is 0 Å². The van der Waals surface area contributed by atoms with Crippen LogP contribution < -0.4 is 10.5 Å². The first kappa shape index (κ1) is 21.4. The van der Waals surface area contributed by atoms with Crippen LogP contribution in [0.1, 0.15) is 31.7 Å². The van der Waals surface area contributed by atoms with Crippen LogP contribution in [0.2, 0.25) is 0 Å². The van der Waals surface area contributed by atoms with Crippen molar-refractivity contribution < 1.29 is 22.7 Å². The van der Waals surface area contributed by atoms with Crippen molar-refractivity contribution in [3.8, 4) is 0 Å². The highest BCUT2D eigenvalue weighted by atomic mass is 32.2. The number of aromatic nitrogens is 1. The lowest BCUT2D eigenvalue weighted by Gasteiger charge is -2.31. The number of sulfonamides is 1. The van der Waals surface area contributed by atoms with Gasteiger partial charge in [0.1, 0.15) is 4.90 Å². The van der Waals surface area contributed by atoms with Crippen molar-refractivity contribution in [3.63, 3.8) is 0 Å². The predicted octanol–water partition coefficient (Wildman–Crippen LogP) is 2.15. The molecule has 0 aliphatic rings. The third kappa shape index (κ3) is 5.53. The van der Waals surface area contributed by atoms with Gasteiger partial charge in [-0.15, -0.1) is 0 Å². The average Bonchev–Trinajstić information content (AvgIpc) is 2.67. The standard InChI is InChI=1S/C19H23N3O5S/c1-2-3-11-19(27-18(20)24,13-15-8-5-4-6-9-15)17(23)22-28(25,26)16-10-7-12-21-14-16/h4-10,12,14H,2-3,11,13H2,1H3,(H2,20,24)(H,22,23). The van der Waals surface area contributed by atoms with E-state index < -0.39 is 27.6 Å². The number of rotatable bonds is 9. The summed E-state index contributed by atoms with van der Waals surface area (Å²) in [5.74, 6) is -0.951. The van der Waals surface area contributed by atoms with Crippen molar-refractivity contribution in [2.45, 2.75) is 43.1 Å². The van der Waals surface area contributed by atoms with Gasteiger partial charge in [-0.1, -0.05) is 43.7 Å². The molecule has 2 rings (SSSR count). The van der Waals surface area contributed by atoms with Gasteiger partial charge in [-0.2, -0.15) is 0 Å². The highest BCUT2D eigenvalue weighted by Gasteiger charge is 2.43. The van der Waals surface area contributed by atoms with Gasteiger partial charge in [-0.25, -0.2) is 17.9 Å². The largest absolute Gasteiger partial charge is 0.433 e. The van der Waals surface area contributed by atoms with Gasteiger partial charge in [0, 0.05) is 18.8 Å². The molecule has 1 unspecified atom stereocenters. The number of carbonyl (C=O) groups excluding carboxylic acids is 2. The molecule has 2 amide bonds. The van der Waals surface area contributed by atoms with Crippen LogP contribution in [0.15, 0.2) is 59.8 Å². The number of primary amides is 1. The summed E-state index contributed by atoms with van der Waals surface area (Å²) in [6.45, 7) is 1.90. The van der Waals surface area contributed by atoms with Crippen molar-refractivity contribution in [2.75, 3.05) is 0 Å². The number of benzene rings is 1. The molecule has 9 heteroatoms. The van der Waals surface area contributed by atoms with E-state index in [0.717, 1.165) is 6.20 Å². The van der Waals surface area contributed by atoms with Gasteiger partial charge in [-0.3, -0.25) is 9.78 Å². The van der Waals surface area contributed by atoms with Gasteiger partial charge in [0.25, 0.3) is 15.9 Å².